The van der Waals surface area contributed by atoms with E-state index in [9.17, 15) is 22.4 Å². The van der Waals surface area contributed by atoms with Crippen molar-refractivity contribution in [2.75, 3.05) is 5.32 Å². The number of carbonyl (C=O) groups excluding carboxylic acids is 1. The van der Waals surface area contributed by atoms with Gasteiger partial charge >= 0.3 is 6.18 Å². The number of ketones is 1. The van der Waals surface area contributed by atoms with Crippen molar-refractivity contribution < 1.29 is 22.4 Å². The van der Waals surface area contributed by atoms with Gasteiger partial charge in [-0.15, -0.1) is 0 Å². The number of hydrogen-bond acceptors (Lipinski definition) is 2. The Morgan fingerprint density at radius 3 is 2.34 bits per heavy atom. The van der Waals surface area contributed by atoms with E-state index in [1.54, 1.807) is 12.1 Å². The van der Waals surface area contributed by atoms with Crippen molar-refractivity contribution in [2.24, 2.45) is 0 Å². The first kappa shape index (κ1) is 18.9. The molecule has 1 N–H and O–H groups in total. The topological polar surface area (TPSA) is 29.1 Å². The summed E-state index contributed by atoms with van der Waals surface area (Å²) in [6.45, 7) is 0. The third-order valence-corrected chi connectivity index (χ3v) is 4.87. The van der Waals surface area contributed by atoms with Crippen molar-refractivity contribution in [3.05, 3.63) is 113 Å². The summed E-state index contributed by atoms with van der Waals surface area (Å²) in [5, 5.41) is 2.78. The van der Waals surface area contributed by atoms with Gasteiger partial charge in [0.2, 0.25) is 0 Å². The SMILES string of the molecule is O=C1/C(=C/Nc2cccc(C(F)(F)F)c2)C(c2ccccc2)c2cccc(F)c21. The van der Waals surface area contributed by atoms with Crippen LogP contribution in [0, 0.1) is 5.82 Å². The Bertz CT molecular complexity index is 1100. The van der Waals surface area contributed by atoms with Crippen LogP contribution in [0.5, 0.6) is 0 Å². The number of nitrogens with one attached hydrogen (secondary N) is 1. The van der Waals surface area contributed by atoms with E-state index >= 15 is 0 Å². The zero-order valence-corrected chi connectivity index (χ0v) is 15.0. The number of halogens is 4. The van der Waals surface area contributed by atoms with Crippen LogP contribution in [0.1, 0.15) is 33.0 Å². The van der Waals surface area contributed by atoms with E-state index in [0.717, 1.165) is 17.7 Å². The van der Waals surface area contributed by atoms with Crippen LogP contribution in [0.3, 0.4) is 0 Å². The molecule has 29 heavy (non-hydrogen) atoms. The van der Waals surface area contributed by atoms with Gasteiger partial charge in [-0.2, -0.15) is 13.2 Å². The monoisotopic (exact) mass is 397 g/mol. The van der Waals surface area contributed by atoms with Crippen LogP contribution in [-0.4, -0.2) is 5.78 Å². The van der Waals surface area contributed by atoms with E-state index in [4.69, 9.17) is 0 Å². The Labute approximate surface area is 164 Å². The fourth-order valence-corrected chi connectivity index (χ4v) is 3.56. The molecule has 1 aliphatic carbocycles. The molecule has 0 saturated heterocycles. The van der Waals surface area contributed by atoms with Gasteiger partial charge in [0, 0.05) is 23.4 Å². The van der Waals surface area contributed by atoms with Gasteiger partial charge in [-0.3, -0.25) is 4.79 Å². The average molecular weight is 397 g/mol. The van der Waals surface area contributed by atoms with E-state index in [1.165, 1.54) is 24.4 Å². The molecule has 0 aromatic heterocycles. The van der Waals surface area contributed by atoms with E-state index < -0.39 is 29.3 Å². The highest BCUT2D eigenvalue weighted by Crippen LogP contribution is 2.43. The lowest BCUT2D eigenvalue weighted by molar-refractivity contribution is -0.137. The number of fused-ring (bicyclic) bond motifs is 1. The third kappa shape index (κ3) is 3.53. The van der Waals surface area contributed by atoms with Crippen LogP contribution >= 0.6 is 0 Å². The molecule has 0 fully saturated rings. The molecule has 2 nitrogen and oxygen atoms in total. The molecule has 1 atom stereocenters. The predicted molar refractivity (Wildman–Crippen MR) is 102 cm³/mol. The average Bonchev–Trinajstić information content (AvgIpc) is 2.99. The number of Topliss-reactive ketones (excluding diaryl/α,β-unsaturated/α-hetero) is 1. The molecule has 3 aromatic carbocycles. The number of rotatable bonds is 3. The normalized spacial score (nSPS) is 17.4. The Hall–Kier alpha value is -3.41. The van der Waals surface area contributed by atoms with E-state index in [0.29, 0.717) is 5.56 Å². The lowest BCUT2D eigenvalue weighted by Crippen LogP contribution is -2.07. The first-order valence-corrected chi connectivity index (χ1v) is 8.88. The molecule has 0 aliphatic heterocycles. The lowest BCUT2D eigenvalue weighted by Gasteiger charge is -2.14. The second-order valence-corrected chi connectivity index (χ2v) is 6.70. The highest BCUT2D eigenvalue weighted by molar-refractivity contribution is 6.15. The van der Waals surface area contributed by atoms with Gasteiger partial charge in [-0.1, -0.05) is 48.5 Å². The number of carbonyl (C=O) groups is 1. The number of allylic oxidation sites excluding steroid dienone is 1. The number of benzene rings is 3. The second-order valence-electron chi connectivity index (χ2n) is 6.70. The largest absolute Gasteiger partial charge is 0.416 e. The highest BCUT2D eigenvalue weighted by Gasteiger charge is 2.37. The molecule has 0 bridgehead atoms. The molecule has 0 heterocycles. The molecule has 1 unspecified atom stereocenters. The van der Waals surface area contributed by atoms with Gasteiger partial charge in [0.15, 0.2) is 5.78 Å². The van der Waals surface area contributed by atoms with Crippen LogP contribution < -0.4 is 5.32 Å². The first-order chi connectivity index (χ1) is 13.9. The van der Waals surface area contributed by atoms with Gasteiger partial charge < -0.3 is 5.32 Å². The summed E-state index contributed by atoms with van der Waals surface area (Å²) in [7, 11) is 0. The molecule has 1 aliphatic rings. The molecule has 3 aromatic rings. The van der Waals surface area contributed by atoms with E-state index in [2.05, 4.69) is 5.32 Å². The Morgan fingerprint density at radius 2 is 1.62 bits per heavy atom. The first-order valence-electron chi connectivity index (χ1n) is 8.88. The molecule has 4 rings (SSSR count). The van der Waals surface area contributed by atoms with E-state index in [-0.39, 0.29) is 16.8 Å². The summed E-state index contributed by atoms with van der Waals surface area (Å²) in [4.78, 5) is 12.9. The van der Waals surface area contributed by atoms with Crippen LogP contribution in [0.15, 0.2) is 84.6 Å². The van der Waals surface area contributed by atoms with E-state index in [1.807, 2.05) is 30.3 Å². The van der Waals surface area contributed by atoms with Crippen molar-refractivity contribution in [1.82, 2.24) is 0 Å². The number of anilines is 1. The molecule has 0 radical (unpaired) electrons. The van der Waals surface area contributed by atoms with Gasteiger partial charge in [-0.25, -0.2) is 4.39 Å². The summed E-state index contributed by atoms with van der Waals surface area (Å²) in [5.41, 5.74) is 0.990. The third-order valence-electron chi connectivity index (χ3n) is 4.87. The molecule has 0 spiro atoms. The van der Waals surface area contributed by atoms with Crippen molar-refractivity contribution in [3.8, 4) is 0 Å². The summed E-state index contributed by atoms with van der Waals surface area (Å²) in [5.74, 6) is -1.60. The second kappa shape index (κ2) is 7.20. The number of alkyl halides is 3. The lowest BCUT2D eigenvalue weighted by atomic mass is 9.90. The minimum atomic E-state index is -4.47. The van der Waals surface area contributed by atoms with Crippen molar-refractivity contribution in [1.29, 1.82) is 0 Å². The molecule has 0 saturated carbocycles. The molecule has 0 amide bonds. The summed E-state index contributed by atoms with van der Waals surface area (Å²) >= 11 is 0. The Morgan fingerprint density at radius 1 is 0.897 bits per heavy atom. The minimum absolute atomic E-state index is 0.00144. The standard InChI is InChI=1S/C23H15F4NO/c24-19-11-5-10-17-20(14-6-2-1-3-7-14)18(22(29)21(17)19)13-28-16-9-4-8-15(12-16)23(25,26)27/h1-13,20,28H/b18-13+. The fourth-order valence-electron chi connectivity index (χ4n) is 3.56. The quantitative estimate of drug-likeness (QED) is 0.423. The van der Waals surface area contributed by atoms with Crippen LogP contribution in [0.4, 0.5) is 23.2 Å². The Balaban J connectivity index is 1.76. The van der Waals surface area contributed by atoms with Crippen LogP contribution in [-0.2, 0) is 6.18 Å². The van der Waals surface area contributed by atoms with Gasteiger partial charge in [0.1, 0.15) is 5.82 Å². The van der Waals surface area contributed by atoms with Gasteiger partial charge in [-0.05, 0) is 35.4 Å². The molecule has 146 valence electrons. The zero-order valence-electron chi connectivity index (χ0n) is 15.0. The molecular formula is C23H15F4NO. The maximum Gasteiger partial charge on any atom is 0.416 e. The van der Waals surface area contributed by atoms with Crippen LogP contribution in [0.2, 0.25) is 0 Å². The molecular weight excluding hydrogens is 382 g/mol. The molecule has 6 heteroatoms. The number of hydrogen-bond donors (Lipinski definition) is 1. The Kier molecular flexibility index (Phi) is 4.70. The maximum atomic E-state index is 14.4. The van der Waals surface area contributed by atoms with Crippen molar-refractivity contribution >= 4 is 11.5 Å². The minimum Gasteiger partial charge on any atom is -0.361 e. The van der Waals surface area contributed by atoms with Gasteiger partial charge in [0.05, 0.1) is 11.1 Å². The smallest absolute Gasteiger partial charge is 0.361 e. The zero-order chi connectivity index (χ0) is 20.6. The summed E-state index contributed by atoms with van der Waals surface area (Å²) < 4.78 is 53.2. The van der Waals surface area contributed by atoms with Crippen LogP contribution in [0.25, 0.3) is 0 Å². The van der Waals surface area contributed by atoms with Gasteiger partial charge in [0.25, 0.3) is 0 Å². The summed E-state index contributed by atoms with van der Waals surface area (Å²) in [6, 6.07) is 18.3. The highest BCUT2D eigenvalue weighted by atomic mass is 19.4. The van der Waals surface area contributed by atoms with Crippen molar-refractivity contribution in [3.63, 3.8) is 0 Å². The van der Waals surface area contributed by atoms with Crippen molar-refractivity contribution in [2.45, 2.75) is 12.1 Å². The fraction of sp³-hybridized carbons (Fsp3) is 0.0870. The predicted octanol–water partition coefficient (Wildman–Crippen LogP) is 6.17. The summed E-state index contributed by atoms with van der Waals surface area (Å²) in [6.07, 6.45) is -3.10. The maximum absolute atomic E-state index is 14.4.